The van der Waals surface area contributed by atoms with Crippen LogP contribution in [0.25, 0.3) is 0 Å². The van der Waals surface area contributed by atoms with Gasteiger partial charge in [0.2, 0.25) is 5.91 Å². The van der Waals surface area contributed by atoms with Gasteiger partial charge in [0.15, 0.2) is 0 Å². The van der Waals surface area contributed by atoms with E-state index in [4.69, 9.17) is 16.3 Å². The number of hydrogen-bond donors (Lipinski definition) is 2. The molecule has 0 radical (unpaired) electrons. The van der Waals surface area contributed by atoms with Crippen LogP contribution in [-0.2, 0) is 4.79 Å². The van der Waals surface area contributed by atoms with Crippen molar-refractivity contribution < 1.29 is 14.6 Å². The van der Waals surface area contributed by atoms with Gasteiger partial charge in [-0.05, 0) is 23.6 Å². The van der Waals surface area contributed by atoms with E-state index in [9.17, 15) is 9.90 Å². The maximum absolute atomic E-state index is 11.3. The summed E-state index contributed by atoms with van der Waals surface area (Å²) >= 11 is 6.25. The SMILES string of the molecule is CC(=O)NC1CCOc2c(Cl)cc(C(O)C(C)C)cc21. The zero-order valence-electron chi connectivity index (χ0n) is 11.9. The van der Waals surface area contributed by atoms with E-state index < -0.39 is 6.10 Å². The van der Waals surface area contributed by atoms with Crippen molar-refractivity contribution in [3.63, 3.8) is 0 Å². The van der Waals surface area contributed by atoms with Gasteiger partial charge in [0.1, 0.15) is 5.75 Å². The number of amides is 1. The van der Waals surface area contributed by atoms with Crippen LogP contribution >= 0.6 is 11.6 Å². The fraction of sp³-hybridized carbons (Fsp3) is 0.533. The second-order valence-corrected chi connectivity index (χ2v) is 5.91. The van der Waals surface area contributed by atoms with Crippen LogP contribution in [0.4, 0.5) is 0 Å². The van der Waals surface area contributed by atoms with Crippen LogP contribution in [0, 0.1) is 5.92 Å². The molecule has 1 aromatic carbocycles. The molecule has 0 saturated heterocycles. The molecule has 1 aliphatic heterocycles. The standard InChI is InChI=1S/C15H20ClNO3/c1-8(2)14(19)10-6-11-13(17-9(3)18)4-5-20-15(11)12(16)7-10/h6-8,13-14,19H,4-5H2,1-3H3,(H,17,18). The summed E-state index contributed by atoms with van der Waals surface area (Å²) in [5, 5.41) is 13.6. The number of ether oxygens (including phenoxy) is 1. The van der Waals surface area contributed by atoms with Gasteiger partial charge in [0.25, 0.3) is 0 Å². The average Bonchev–Trinajstić information content (AvgIpc) is 2.38. The lowest BCUT2D eigenvalue weighted by Crippen LogP contribution is -2.30. The van der Waals surface area contributed by atoms with E-state index >= 15 is 0 Å². The summed E-state index contributed by atoms with van der Waals surface area (Å²) in [6.07, 6.45) is 0.113. The van der Waals surface area contributed by atoms with Gasteiger partial charge < -0.3 is 15.2 Å². The monoisotopic (exact) mass is 297 g/mol. The molecule has 0 spiro atoms. The number of carbonyl (C=O) groups excluding carboxylic acids is 1. The Hall–Kier alpha value is -1.26. The average molecular weight is 298 g/mol. The van der Waals surface area contributed by atoms with Crippen LogP contribution in [-0.4, -0.2) is 17.6 Å². The van der Waals surface area contributed by atoms with Gasteiger partial charge in [0.05, 0.1) is 23.8 Å². The Kier molecular flexibility index (Phi) is 4.55. The summed E-state index contributed by atoms with van der Waals surface area (Å²) in [4.78, 5) is 11.3. The Morgan fingerprint density at radius 2 is 2.20 bits per heavy atom. The van der Waals surface area contributed by atoms with Crippen molar-refractivity contribution in [2.75, 3.05) is 6.61 Å². The van der Waals surface area contributed by atoms with Gasteiger partial charge in [-0.1, -0.05) is 25.4 Å². The molecule has 2 unspecified atom stereocenters. The van der Waals surface area contributed by atoms with Crippen molar-refractivity contribution >= 4 is 17.5 Å². The third-order valence-corrected chi connectivity index (χ3v) is 3.75. The number of halogens is 1. The Morgan fingerprint density at radius 3 is 2.80 bits per heavy atom. The van der Waals surface area contributed by atoms with Crippen molar-refractivity contribution in [3.8, 4) is 5.75 Å². The van der Waals surface area contributed by atoms with Crippen molar-refractivity contribution in [1.82, 2.24) is 5.32 Å². The van der Waals surface area contributed by atoms with Gasteiger partial charge >= 0.3 is 0 Å². The number of fused-ring (bicyclic) bond motifs is 1. The maximum Gasteiger partial charge on any atom is 0.217 e. The maximum atomic E-state index is 11.3. The van der Waals surface area contributed by atoms with Crippen LogP contribution in [0.5, 0.6) is 5.75 Å². The first-order valence-corrected chi connectivity index (χ1v) is 7.19. The van der Waals surface area contributed by atoms with E-state index in [2.05, 4.69) is 5.32 Å². The number of aliphatic hydroxyl groups excluding tert-OH is 1. The highest BCUT2D eigenvalue weighted by Crippen LogP contribution is 2.40. The summed E-state index contributed by atoms with van der Waals surface area (Å²) in [6, 6.07) is 3.50. The molecule has 2 atom stereocenters. The van der Waals surface area contributed by atoms with Gasteiger partial charge in [-0.3, -0.25) is 4.79 Å². The van der Waals surface area contributed by atoms with E-state index in [0.717, 1.165) is 11.1 Å². The van der Waals surface area contributed by atoms with Crippen molar-refractivity contribution in [2.45, 2.75) is 39.3 Å². The van der Waals surface area contributed by atoms with Crippen LogP contribution in [0.2, 0.25) is 5.02 Å². The lowest BCUT2D eigenvalue weighted by Gasteiger charge is -2.28. The second kappa shape index (κ2) is 6.02. The quantitative estimate of drug-likeness (QED) is 0.902. The third-order valence-electron chi connectivity index (χ3n) is 3.47. The summed E-state index contributed by atoms with van der Waals surface area (Å²) in [5.74, 6) is 0.609. The smallest absolute Gasteiger partial charge is 0.217 e. The Labute approximate surface area is 124 Å². The fourth-order valence-electron chi connectivity index (χ4n) is 2.43. The van der Waals surface area contributed by atoms with E-state index in [1.165, 1.54) is 6.92 Å². The number of rotatable bonds is 3. The van der Waals surface area contributed by atoms with E-state index in [0.29, 0.717) is 23.8 Å². The summed E-state index contributed by atoms with van der Waals surface area (Å²) in [7, 11) is 0. The predicted octanol–water partition coefficient (Wildman–Crippen LogP) is 2.99. The lowest BCUT2D eigenvalue weighted by atomic mass is 9.93. The van der Waals surface area contributed by atoms with Gasteiger partial charge in [-0.15, -0.1) is 0 Å². The lowest BCUT2D eigenvalue weighted by molar-refractivity contribution is -0.119. The first-order chi connectivity index (χ1) is 9.40. The first kappa shape index (κ1) is 15.1. The van der Waals surface area contributed by atoms with Gasteiger partial charge in [0, 0.05) is 18.9 Å². The molecule has 0 aliphatic carbocycles. The number of hydrogen-bond acceptors (Lipinski definition) is 3. The molecule has 1 amide bonds. The van der Waals surface area contributed by atoms with Crippen LogP contribution < -0.4 is 10.1 Å². The Bertz CT molecular complexity index is 516. The van der Waals surface area contributed by atoms with Gasteiger partial charge in [-0.2, -0.15) is 0 Å². The minimum absolute atomic E-state index is 0.0891. The number of nitrogens with one attached hydrogen (secondary N) is 1. The normalized spacial score (nSPS) is 19.2. The molecule has 5 heteroatoms. The molecular formula is C15H20ClNO3. The van der Waals surface area contributed by atoms with E-state index in [1.54, 1.807) is 6.07 Å². The minimum Gasteiger partial charge on any atom is -0.492 e. The first-order valence-electron chi connectivity index (χ1n) is 6.81. The van der Waals surface area contributed by atoms with Crippen LogP contribution in [0.15, 0.2) is 12.1 Å². The highest BCUT2D eigenvalue weighted by molar-refractivity contribution is 6.32. The van der Waals surface area contributed by atoms with Gasteiger partial charge in [-0.25, -0.2) is 0 Å². The zero-order chi connectivity index (χ0) is 14.9. The molecule has 0 fully saturated rings. The molecule has 2 N–H and O–H groups in total. The summed E-state index contributed by atoms with van der Waals surface area (Å²) in [6.45, 7) is 5.90. The summed E-state index contributed by atoms with van der Waals surface area (Å²) in [5.41, 5.74) is 1.60. The molecule has 1 aromatic rings. The van der Waals surface area contributed by atoms with E-state index in [-0.39, 0.29) is 17.9 Å². The molecule has 4 nitrogen and oxygen atoms in total. The Morgan fingerprint density at radius 1 is 1.50 bits per heavy atom. The highest BCUT2D eigenvalue weighted by atomic mass is 35.5. The van der Waals surface area contributed by atoms with E-state index in [1.807, 2.05) is 19.9 Å². The second-order valence-electron chi connectivity index (χ2n) is 5.50. The highest BCUT2D eigenvalue weighted by Gasteiger charge is 2.26. The molecule has 20 heavy (non-hydrogen) atoms. The molecule has 0 aromatic heterocycles. The van der Waals surface area contributed by atoms with Crippen LogP contribution in [0.3, 0.4) is 0 Å². The fourth-order valence-corrected chi connectivity index (χ4v) is 2.72. The number of aliphatic hydroxyl groups is 1. The molecule has 1 heterocycles. The van der Waals surface area contributed by atoms with Crippen molar-refractivity contribution in [2.24, 2.45) is 5.92 Å². The Balaban J connectivity index is 2.42. The molecular weight excluding hydrogens is 278 g/mol. The van der Waals surface area contributed by atoms with Crippen molar-refractivity contribution in [3.05, 3.63) is 28.3 Å². The largest absolute Gasteiger partial charge is 0.492 e. The topological polar surface area (TPSA) is 58.6 Å². The van der Waals surface area contributed by atoms with Crippen molar-refractivity contribution in [1.29, 1.82) is 0 Å². The van der Waals surface area contributed by atoms with Crippen LogP contribution in [0.1, 0.15) is 50.5 Å². The molecule has 2 rings (SSSR count). The molecule has 0 bridgehead atoms. The minimum atomic E-state index is -0.585. The number of carbonyl (C=O) groups is 1. The zero-order valence-corrected chi connectivity index (χ0v) is 12.7. The molecule has 1 aliphatic rings. The molecule has 110 valence electrons. The molecule has 0 saturated carbocycles. The third kappa shape index (κ3) is 3.07. The number of benzene rings is 1. The predicted molar refractivity (Wildman–Crippen MR) is 77.9 cm³/mol. The summed E-state index contributed by atoms with van der Waals surface area (Å²) < 4.78 is 5.60.